The van der Waals surface area contributed by atoms with Crippen LogP contribution in [0.25, 0.3) is 10.8 Å². The maximum absolute atomic E-state index is 12.4. The van der Waals surface area contributed by atoms with E-state index in [0.29, 0.717) is 11.9 Å². The van der Waals surface area contributed by atoms with E-state index >= 15 is 0 Å². The number of hydrogen-bond donors (Lipinski definition) is 2. The third-order valence-electron chi connectivity index (χ3n) is 4.93. The van der Waals surface area contributed by atoms with Crippen molar-refractivity contribution in [2.75, 3.05) is 32.7 Å². The molecule has 0 spiro atoms. The molecule has 0 bridgehead atoms. The van der Waals surface area contributed by atoms with E-state index in [4.69, 9.17) is 0 Å². The van der Waals surface area contributed by atoms with Gasteiger partial charge in [-0.2, -0.15) is 0 Å². The third kappa shape index (κ3) is 7.63. The van der Waals surface area contributed by atoms with Crippen LogP contribution >= 0.6 is 0 Å². The Labute approximate surface area is 178 Å². The quantitative estimate of drug-likeness (QED) is 0.492. The van der Waals surface area contributed by atoms with E-state index in [1.54, 1.807) is 18.3 Å². The summed E-state index contributed by atoms with van der Waals surface area (Å²) < 4.78 is 1.39. The molecule has 0 atom stereocenters. The molecule has 1 heterocycles. The van der Waals surface area contributed by atoms with E-state index in [0.717, 1.165) is 44.3 Å². The van der Waals surface area contributed by atoms with Crippen molar-refractivity contribution in [3.8, 4) is 0 Å². The van der Waals surface area contributed by atoms with Crippen LogP contribution in [0.4, 0.5) is 0 Å². The molecule has 1 aromatic heterocycles. The average molecular weight is 415 g/mol. The maximum atomic E-state index is 12.4. The Morgan fingerprint density at radius 2 is 1.63 bits per heavy atom. The largest absolute Gasteiger partial charge is 0.356 e. The number of carbonyl (C=O) groups is 2. The molecule has 0 radical (unpaired) electrons. The first kappa shape index (κ1) is 23.6. The summed E-state index contributed by atoms with van der Waals surface area (Å²) in [6.07, 6.45) is 5.04. The van der Waals surface area contributed by atoms with Crippen molar-refractivity contribution in [2.45, 2.75) is 46.1 Å². The van der Waals surface area contributed by atoms with Crippen molar-refractivity contribution >= 4 is 22.6 Å². The van der Waals surface area contributed by atoms with E-state index in [1.165, 1.54) is 4.57 Å². The molecule has 7 heteroatoms. The van der Waals surface area contributed by atoms with Gasteiger partial charge in [0.2, 0.25) is 11.8 Å². The third-order valence-corrected chi connectivity index (χ3v) is 4.93. The summed E-state index contributed by atoms with van der Waals surface area (Å²) in [5, 5.41) is 7.05. The van der Waals surface area contributed by atoms with Crippen molar-refractivity contribution < 1.29 is 9.59 Å². The number of nitrogens with zero attached hydrogens (tertiary/aromatic N) is 2. The number of hydrogen-bond acceptors (Lipinski definition) is 4. The smallest absolute Gasteiger partial charge is 0.258 e. The Balaban J connectivity index is 1.66. The highest BCUT2D eigenvalue weighted by Gasteiger charge is 2.08. The van der Waals surface area contributed by atoms with E-state index in [2.05, 4.69) is 29.4 Å². The van der Waals surface area contributed by atoms with Gasteiger partial charge in [-0.3, -0.25) is 14.4 Å². The van der Waals surface area contributed by atoms with Crippen molar-refractivity contribution in [1.82, 2.24) is 20.1 Å². The molecule has 0 aliphatic carbocycles. The summed E-state index contributed by atoms with van der Waals surface area (Å²) in [6, 6.07) is 9.11. The Bertz CT molecular complexity index is 872. The first-order valence-corrected chi connectivity index (χ1v) is 10.9. The number of amides is 2. The summed E-state index contributed by atoms with van der Waals surface area (Å²) in [6.45, 7) is 8.36. The van der Waals surface area contributed by atoms with Crippen LogP contribution in [-0.4, -0.2) is 54.0 Å². The molecule has 2 amide bonds. The number of fused-ring (bicyclic) bond motifs is 1. The zero-order chi connectivity index (χ0) is 21.8. The van der Waals surface area contributed by atoms with Gasteiger partial charge < -0.3 is 20.1 Å². The van der Waals surface area contributed by atoms with Gasteiger partial charge in [0.1, 0.15) is 6.54 Å². The van der Waals surface area contributed by atoms with Crippen molar-refractivity contribution in [3.63, 3.8) is 0 Å². The molecule has 7 nitrogen and oxygen atoms in total. The molecule has 164 valence electrons. The van der Waals surface area contributed by atoms with Crippen LogP contribution in [0.5, 0.6) is 0 Å². The van der Waals surface area contributed by atoms with Crippen LogP contribution in [0, 0.1) is 0 Å². The summed E-state index contributed by atoms with van der Waals surface area (Å²) in [4.78, 5) is 38.9. The lowest BCUT2D eigenvalue weighted by molar-refractivity contribution is -0.122. The number of benzene rings is 1. The van der Waals surface area contributed by atoms with Gasteiger partial charge in [-0.25, -0.2) is 0 Å². The van der Waals surface area contributed by atoms with E-state index < -0.39 is 0 Å². The van der Waals surface area contributed by atoms with E-state index in [9.17, 15) is 14.4 Å². The highest BCUT2D eigenvalue weighted by Crippen LogP contribution is 2.07. The summed E-state index contributed by atoms with van der Waals surface area (Å²) >= 11 is 0. The zero-order valence-electron chi connectivity index (χ0n) is 18.2. The fourth-order valence-corrected chi connectivity index (χ4v) is 3.47. The molecule has 0 aliphatic heterocycles. The fourth-order valence-electron chi connectivity index (χ4n) is 3.47. The highest BCUT2D eigenvalue weighted by molar-refractivity contribution is 5.82. The molecule has 2 rings (SSSR count). The van der Waals surface area contributed by atoms with Gasteiger partial charge >= 0.3 is 0 Å². The van der Waals surface area contributed by atoms with Gasteiger partial charge in [0.15, 0.2) is 0 Å². The Kier molecular flexibility index (Phi) is 10.1. The second-order valence-electron chi connectivity index (χ2n) is 7.48. The SMILES string of the molecule is CCCN(CCC)CCCNC(=O)CCNC(=O)Cn1ccc2ccccc2c1=O. The summed E-state index contributed by atoms with van der Waals surface area (Å²) in [5.74, 6) is -0.356. The minimum atomic E-state index is -0.282. The second kappa shape index (κ2) is 12.8. The Morgan fingerprint density at radius 3 is 2.37 bits per heavy atom. The molecule has 0 aliphatic rings. The van der Waals surface area contributed by atoms with Gasteiger partial charge in [-0.15, -0.1) is 0 Å². The first-order chi connectivity index (χ1) is 14.5. The van der Waals surface area contributed by atoms with Crippen molar-refractivity contribution in [2.24, 2.45) is 0 Å². The first-order valence-electron chi connectivity index (χ1n) is 10.9. The monoisotopic (exact) mass is 414 g/mol. The average Bonchev–Trinajstić information content (AvgIpc) is 2.73. The standard InChI is InChI=1S/C23H34N4O3/c1-3-14-26(15-4-2)16-7-12-24-21(28)10-13-25-22(29)18-27-17-11-19-8-5-6-9-20(19)23(27)30/h5-6,8-9,11,17H,3-4,7,10,12-16,18H2,1-2H3,(H,24,28)(H,25,29). The normalized spacial score (nSPS) is 11.0. The van der Waals surface area contributed by atoms with Crippen LogP contribution in [0.1, 0.15) is 39.5 Å². The second-order valence-corrected chi connectivity index (χ2v) is 7.48. The van der Waals surface area contributed by atoms with Crippen LogP contribution in [0.2, 0.25) is 0 Å². The molecular weight excluding hydrogens is 380 g/mol. The molecule has 2 N–H and O–H groups in total. The number of pyridine rings is 1. The molecule has 0 saturated heterocycles. The number of aromatic nitrogens is 1. The minimum Gasteiger partial charge on any atom is -0.356 e. The molecule has 0 fully saturated rings. The number of rotatable bonds is 13. The summed E-state index contributed by atoms with van der Waals surface area (Å²) in [7, 11) is 0. The van der Waals surface area contributed by atoms with Gasteiger partial charge in [0.05, 0.1) is 0 Å². The van der Waals surface area contributed by atoms with Gasteiger partial charge in [-0.1, -0.05) is 32.0 Å². The fraction of sp³-hybridized carbons (Fsp3) is 0.522. The van der Waals surface area contributed by atoms with Crippen molar-refractivity contribution in [1.29, 1.82) is 0 Å². The Hall–Kier alpha value is -2.67. The summed E-state index contributed by atoms with van der Waals surface area (Å²) in [5.41, 5.74) is -0.193. The Morgan fingerprint density at radius 1 is 0.933 bits per heavy atom. The van der Waals surface area contributed by atoms with Crippen LogP contribution < -0.4 is 16.2 Å². The number of carbonyl (C=O) groups excluding carboxylic acids is 2. The van der Waals surface area contributed by atoms with Crippen LogP contribution in [0.15, 0.2) is 41.3 Å². The lowest BCUT2D eigenvalue weighted by Gasteiger charge is -2.20. The number of nitrogens with one attached hydrogen (secondary N) is 2. The predicted octanol–water partition coefficient (Wildman–Crippen LogP) is 2.14. The van der Waals surface area contributed by atoms with Crippen LogP contribution in [-0.2, 0) is 16.1 Å². The molecular formula is C23H34N4O3. The maximum Gasteiger partial charge on any atom is 0.258 e. The highest BCUT2D eigenvalue weighted by atomic mass is 16.2. The predicted molar refractivity (Wildman–Crippen MR) is 120 cm³/mol. The topological polar surface area (TPSA) is 83.4 Å². The van der Waals surface area contributed by atoms with Crippen LogP contribution in [0.3, 0.4) is 0 Å². The van der Waals surface area contributed by atoms with Gasteiger partial charge in [0, 0.05) is 31.1 Å². The molecule has 30 heavy (non-hydrogen) atoms. The molecule has 2 aromatic rings. The lowest BCUT2D eigenvalue weighted by Crippen LogP contribution is -2.35. The van der Waals surface area contributed by atoms with Gasteiger partial charge in [-0.05, 0) is 56.4 Å². The van der Waals surface area contributed by atoms with E-state index in [1.807, 2.05) is 18.2 Å². The van der Waals surface area contributed by atoms with E-state index in [-0.39, 0.29) is 36.9 Å². The molecule has 0 saturated carbocycles. The zero-order valence-corrected chi connectivity index (χ0v) is 18.2. The lowest BCUT2D eigenvalue weighted by atomic mass is 10.2. The van der Waals surface area contributed by atoms with Gasteiger partial charge in [0.25, 0.3) is 5.56 Å². The minimum absolute atomic E-state index is 0.0595. The molecule has 1 aromatic carbocycles. The van der Waals surface area contributed by atoms with Crippen molar-refractivity contribution in [3.05, 3.63) is 46.9 Å². The molecule has 0 unspecified atom stereocenters.